The highest BCUT2D eigenvalue weighted by Crippen LogP contribution is 2.35. The molecule has 7 nitrogen and oxygen atoms in total. The summed E-state index contributed by atoms with van der Waals surface area (Å²) in [6.45, 7) is 5.03. The molecule has 0 saturated carbocycles. The Morgan fingerprint density at radius 2 is 2.17 bits per heavy atom. The average Bonchev–Trinajstić information content (AvgIpc) is 3.27. The van der Waals surface area contributed by atoms with Crippen molar-refractivity contribution in [1.82, 2.24) is 15.1 Å². The van der Waals surface area contributed by atoms with Gasteiger partial charge in [0.2, 0.25) is 6.79 Å². The number of hydrogen-bond donors (Lipinski definition) is 2. The summed E-state index contributed by atoms with van der Waals surface area (Å²) in [4.78, 5) is 0. The van der Waals surface area contributed by atoms with Gasteiger partial charge in [-0.2, -0.15) is 5.10 Å². The molecule has 0 unspecified atom stereocenters. The number of rotatable bonds is 8. The molecule has 7 heteroatoms. The molecule has 130 valence electrons. The van der Waals surface area contributed by atoms with Gasteiger partial charge in [0.25, 0.3) is 0 Å². The van der Waals surface area contributed by atoms with E-state index in [2.05, 4.69) is 24.3 Å². The molecule has 24 heavy (non-hydrogen) atoms. The molecule has 0 radical (unpaired) electrons. The Labute approximate surface area is 141 Å². The minimum Gasteiger partial charge on any atom is -0.491 e. The van der Waals surface area contributed by atoms with E-state index in [4.69, 9.17) is 14.2 Å². The molecule has 0 amide bonds. The summed E-state index contributed by atoms with van der Waals surface area (Å²) in [7, 11) is 0. The molecule has 0 spiro atoms. The van der Waals surface area contributed by atoms with Crippen molar-refractivity contribution in [3.63, 3.8) is 0 Å². The molecule has 0 fully saturated rings. The van der Waals surface area contributed by atoms with Crippen LogP contribution in [0.3, 0.4) is 0 Å². The first-order chi connectivity index (χ1) is 11.6. The highest BCUT2D eigenvalue weighted by molar-refractivity contribution is 5.46. The zero-order valence-electron chi connectivity index (χ0n) is 13.9. The topological polar surface area (TPSA) is 77.8 Å². The van der Waals surface area contributed by atoms with Gasteiger partial charge in [-0.05, 0) is 32.0 Å². The van der Waals surface area contributed by atoms with Crippen LogP contribution in [-0.4, -0.2) is 47.0 Å². The maximum Gasteiger partial charge on any atom is 0.231 e. The van der Waals surface area contributed by atoms with Gasteiger partial charge in [0.1, 0.15) is 18.5 Å². The van der Waals surface area contributed by atoms with Gasteiger partial charge in [-0.3, -0.25) is 4.68 Å². The van der Waals surface area contributed by atoms with Crippen molar-refractivity contribution in [2.75, 3.05) is 19.9 Å². The van der Waals surface area contributed by atoms with Crippen molar-refractivity contribution in [2.45, 2.75) is 32.0 Å². The lowest BCUT2D eigenvalue weighted by Gasteiger charge is -2.23. The summed E-state index contributed by atoms with van der Waals surface area (Å²) in [6.07, 6.45) is 3.09. The van der Waals surface area contributed by atoms with Crippen molar-refractivity contribution in [2.24, 2.45) is 0 Å². The number of aliphatic hydroxyl groups excluding tert-OH is 1. The predicted molar refractivity (Wildman–Crippen MR) is 88.5 cm³/mol. The van der Waals surface area contributed by atoms with Gasteiger partial charge >= 0.3 is 0 Å². The first kappa shape index (κ1) is 16.6. The minimum absolute atomic E-state index is 0.171. The van der Waals surface area contributed by atoms with Crippen LogP contribution in [-0.2, 0) is 0 Å². The first-order valence-electron chi connectivity index (χ1n) is 8.06. The summed E-state index contributed by atoms with van der Waals surface area (Å²) in [5, 5.41) is 17.6. The van der Waals surface area contributed by atoms with Crippen LogP contribution in [0.25, 0.3) is 0 Å². The Balaban J connectivity index is 1.42. The largest absolute Gasteiger partial charge is 0.491 e. The number of hydrogen-bond acceptors (Lipinski definition) is 6. The minimum atomic E-state index is -0.609. The smallest absolute Gasteiger partial charge is 0.231 e. The second kappa shape index (κ2) is 7.55. The molecule has 3 atom stereocenters. The third-order valence-electron chi connectivity index (χ3n) is 4.13. The lowest BCUT2D eigenvalue weighted by Crippen LogP contribution is -2.40. The Morgan fingerprint density at radius 3 is 2.96 bits per heavy atom. The first-order valence-corrected chi connectivity index (χ1v) is 8.06. The van der Waals surface area contributed by atoms with Gasteiger partial charge in [0.05, 0.1) is 6.04 Å². The van der Waals surface area contributed by atoms with Gasteiger partial charge in [0, 0.05) is 31.0 Å². The van der Waals surface area contributed by atoms with Crippen molar-refractivity contribution in [3.8, 4) is 17.2 Å². The average molecular weight is 333 g/mol. The number of ether oxygens (including phenoxy) is 3. The fraction of sp³-hybridized carbons (Fsp3) is 0.471. The van der Waals surface area contributed by atoms with E-state index in [0.29, 0.717) is 23.8 Å². The molecule has 0 bridgehead atoms. The molecule has 0 saturated heterocycles. The molecule has 1 aromatic carbocycles. The lowest BCUT2D eigenvalue weighted by atomic mass is 10.1. The van der Waals surface area contributed by atoms with Crippen LogP contribution < -0.4 is 19.5 Å². The van der Waals surface area contributed by atoms with Gasteiger partial charge in [0.15, 0.2) is 11.5 Å². The SMILES string of the molecule is C[C@H](NC[C@@H](O)COc1ccc2c(c1)OCO2)[C@H](C)n1cccn1. The van der Waals surface area contributed by atoms with Crippen LogP contribution in [0.5, 0.6) is 17.2 Å². The van der Waals surface area contributed by atoms with E-state index in [0.717, 1.165) is 0 Å². The second-order valence-corrected chi connectivity index (χ2v) is 5.90. The quantitative estimate of drug-likeness (QED) is 0.764. The van der Waals surface area contributed by atoms with E-state index in [9.17, 15) is 5.11 Å². The zero-order valence-corrected chi connectivity index (χ0v) is 13.9. The van der Waals surface area contributed by atoms with Crippen molar-refractivity contribution < 1.29 is 19.3 Å². The molecule has 2 N–H and O–H groups in total. The number of aliphatic hydroxyl groups is 1. The Hall–Kier alpha value is -2.25. The van der Waals surface area contributed by atoms with E-state index in [1.54, 1.807) is 24.4 Å². The summed E-state index contributed by atoms with van der Waals surface area (Å²) >= 11 is 0. The summed E-state index contributed by atoms with van der Waals surface area (Å²) in [5.41, 5.74) is 0. The Bertz CT molecular complexity index is 647. The van der Waals surface area contributed by atoms with Crippen LogP contribution in [0.2, 0.25) is 0 Å². The highest BCUT2D eigenvalue weighted by Gasteiger charge is 2.17. The number of fused-ring (bicyclic) bond motifs is 1. The summed E-state index contributed by atoms with van der Waals surface area (Å²) in [5.74, 6) is 2.03. The Morgan fingerprint density at radius 1 is 1.33 bits per heavy atom. The second-order valence-electron chi connectivity index (χ2n) is 5.90. The van der Waals surface area contributed by atoms with Crippen LogP contribution >= 0.6 is 0 Å². The van der Waals surface area contributed by atoms with Gasteiger partial charge < -0.3 is 24.6 Å². The third-order valence-corrected chi connectivity index (χ3v) is 4.13. The standard InChI is InChI=1S/C17H23N3O4/c1-12(13(2)20-7-3-6-19-20)18-9-14(21)10-22-15-4-5-16-17(8-15)24-11-23-16/h3-8,12-14,18,21H,9-11H2,1-2H3/t12-,13-,14+/m0/s1. The normalized spacial score (nSPS) is 16.6. The van der Waals surface area contributed by atoms with E-state index < -0.39 is 6.10 Å². The fourth-order valence-corrected chi connectivity index (χ4v) is 2.46. The van der Waals surface area contributed by atoms with E-state index >= 15 is 0 Å². The monoisotopic (exact) mass is 333 g/mol. The van der Waals surface area contributed by atoms with Crippen LogP contribution in [0.4, 0.5) is 0 Å². The van der Waals surface area contributed by atoms with Crippen molar-refractivity contribution >= 4 is 0 Å². The zero-order chi connectivity index (χ0) is 16.9. The van der Waals surface area contributed by atoms with E-state index in [1.807, 2.05) is 16.9 Å². The summed E-state index contributed by atoms with van der Waals surface area (Å²) in [6, 6.07) is 7.64. The van der Waals surface area contributed by atoms with Crippen LogP contribution in [0.15, 0.2) is 36.7 Å². The maximum absolute atomic E-state index is 10.1. The molecular formula is C17H23N3O4. The molecule has 1 aromatic heterocycles. The number of benzene rings is 1. The molecule has 1 aliphatic rings. The van der Waals surface area contributed by atoms with Crippen LogP contribution in [0.1, 0.15) is 19.9 Å². The van der Waals surface area contributed by atoms with E-state index in [-0.39, 0.29) is 25.5 Å². The Kier molecular flexibility index (Phi) is 5.22. The van der Waals surface area contributed by atoms with Crippen LogP contribution in [0, 0.1) is 0 Å². The molecule has 0 aliphatic carbocycles. The molecule has 2 aromatic rings. The van der Waals surface area contributed by atoms with E-state index in [1.165, 1.54) is 0 Å². The fourth-order valence-electron chi connectivity index (χ4n) is 2.46. The molecule has 3 rings (SSSR count). The molecule has 1 aliphatic heterocycles. The third kappa shape index (κ3) is 3.98. The number of nitrogens with one attached hydrogen (secondary N) is 1. The number of nitrogens with zero attached hydrogens (tertiary/aromatic N) is 2. The lowest BCUT2D eigenvalue weighted by molar-refractivity contribution is 0.102. The molecular weight excluding hydrogens is 310 g/mol. The van der Waals surface area contributed by atoms with Gasteiger partial charge in [-0.1, -0.05) is 0 Å². The number of aromatic nitrogens is 2. The van der Waals surface area contributed by atoms with Crippen molar-refractivity contribution in [3.05, 3.63) is 36.7 Å². The van der Waals surface area contributed by atoms with Gasteiger partial charge in [-0.15, -0.1) is 0 Å². The molecule has 2 heterocycles. The maximum atomic E-state index is 10.1. The summed E-state index contributed by atoms with van der Waals surface area (Å²) < 4.78 is 18.1. The van der Waals surface area contributed by atoms with Gasteiger partial charge in [-0.25, -0.2) is 0 Å². The predicted octanol–water partition coefficient (Wildman–Crippen LogP) is 1.59. The highest BCUT2D eigenvalue weighted by atomic mass is 16.7. The van der Waals surface area contributed by atoms with Crippen molar-refractivity contribution in [1.29, 1.82) is 0 Å².